The minimum absolute atomic E-state index is 0.745. The summed E-state index contributed by atoms with van der Waals surface area (Å²) in [5.41, 5.74) is 0. The van der Waals surface area contributed by atoms with Crippen LogP contribution in [0.1, 0.15) is 78.6 Å². The molecule has 2 nitrogen and oxygen atoms in total. The topological polar surface area (TPSA) is 15.0 Å². The molecule has 0 bridgehead atoms. The van der Waals surface area contributed by atoms with Gasteiger partial charge in [0, 0.05) is 0 Å². The Kier molecular flexibility index (Phi) is 8.94. The van der Waals surface area contributed by atoms with Crippen LogP contribution >= 0.6 is 0 Å². The third-order valence-corrected chi connectivity index (χ3v) is 4.54. The lowest BCUT2D eigenvalue weighted by Gasteiger charge is -2.22. The lowest BCUT2D eigenvalue weighted by Crippen LogP contribution is -2.31. The van der Waals surface area contributed by atoms with Crippen LogP contribution in [-0.4, -0.2) is 30.0 Å². The molecule has 0 saturated heterocycles. The van der Waals surface area contributed by atoms with Crippen LogP contribution in [0.2, 0.25) is 0 Å². The number of rotatable bonds is 11. The minimum Gasteiger partial charge on any atom is -0.277 e. The maximum atomic E-state index is 3.34. The molecule has 1 aliphatic rings. The average Bonchev–Trinajstić information content (AvgIpc) is 2.92. The molecular formula is C17H35N2+. The van der Waals surface area contributed by atoms with Crippen LogP contribution in [0.3, 0.4) is 0 Å². The first-order valence-electron chi connectivity index (χ1n) is 8.62. The normalized spacial score (nSPS) is 17.9. The van der Waals surface area contributed by atoms with Gasteiger partial charge in [0.15, 0.2) is 0 Å². The Labute approximate surface area is 120 Å². The number of hydrogen-bond acceptors (Lipinski definition) is 1. The van der Waals surface area contributed by atoms with Crippen LogP contribution in [0.4, 0.5) is 0 Å². The Balaban J connectivity index is 2.10. The molecule has 2 atom stereocenters. The van der Waals surface area contributed by atoms with Gasteiger partial charge in [0.25, 0.3) is 0 Å². The van der Waals surface area contributed by atoms with Crippen LogP contribution in [0.5, 0.6) is 0 Å². The fourth-order valence-corrected chi connectivity index (χ4v) is 3.28. The van der Waals surface area contributed by atoms with Gasteiger partial charge < -0.3 is 0 Å². The first-order valence-corrected chi connectivity index (χ1v) is 8.62. The maximum absolute atomic E-state index is 3.34. The fraction of sp³-hybridized carbons (Fsp3) is 0.941. The molecule has 0 fully saturated rings. The number of unbranched alkanes of at least 4 members (excludes halogenated alkanes) is 6. The van der Waals surface area contributed by atoms with Crippen molar-refractivity contribution in [2.45, 2.75) is 84.6 Å². The first-order chi connectivity index (χ1) is 9.29. The summed E-state index contributed by atoms with van der Waals surface area (Å²) in [6.45, 7) is 9.38. The van der Waals surface area contributed by atoms with Crippen molar-refractivity contribution in [3.05, 3.63) is 0 Å². The van der Waals surface area contributed by atoms with E-state index in [0.717, 1.165) is 18.5 Å². The smallest absolute Gasteiger partial charge is 0.232 e. The summed E-state index contributed by atoms with van der Waals surface area (Å²) in [5.74, 6) is 0.830. The molecule has 112 valence electrons. The summed E-state index contributed by atoms with van der Waals surface area (Å²) in [6.07, 6.45) is 14.9. The zero-order chi connectivity index (χ0) is 13.9. The molecule has 1 rings (SSSR count). The molecule has 0 aromatic carbocycles. The minimum atomic E-state index is 0.745. The Morgan fingerprint density at radius 2 is 1.74 bits per heavy atom. The van der Waals surface area contributed by atoms with E-state index in [-0.39, 0.29) is 0 Å². The van der Waals surface area contributed by atoms with Gasteiger partial charge in [0.1, 0.15) is 13.1 Å². The number of nitrogens with one attached hydrogen (secondary N) is 1. The van der Waals surface area contributed by atoms with Gasteiger partial charge >= 0.3 is 0 Å². The zero-order valence-electron chi connectivity index (χ0n) is 13.5. The van der Waals surface area contributed by atoms with E-state index < -0.39 is 0 Å². The quantitative estimate of drug-likeness (QED) is 0.438. The van der Waals surface area contributed by atoms with E-state index in [1.807, 2.05) is 0 Å². The molecule has 0 aromatic rings. The first kappa shape index (κ1) is 16.5. The standard InChI is InChI=1S/C17H34N2/c1-4-6-7-8-9-10-11-12-16(3)17(5-2)19-14-13-18-15-19/h15-17H,4-14H2,1-3H3/p+1. The van der Waals surface area contributed by atoms with E-state index >= 15 is 0 Å². The lowest BCUT2D eigenvalue weighted by molar-refractivity contribution is -0.562. The molecule has 0 amide bonds. The second-order valence-electron chi connectivity index (χ2n) is 6.18. The van der Waals surface area contributed by atoms with Gasteiger partial charge in [-0.25, -0.2) is 0 Å². The maximum Gasteiger partial charge on any atom is 0.232 e. The van der Waals surface area contributed by atoms with Crippen molar-refractivity contribution in [1.82, 2.24) is 5.32 Å². The monoisotopic (exact) mass is 267 g/mol. The average molecular weight is 267 g/mol. The van der Waals surface area contributed by atoms with Crippen molar-refractivity contribution in [1.29, 1.82) is 0 Å². The fourth-order valence-electron chi connectivity index (χ4n) is 3.28. The highest BCUT2D eigenvalue weighted by molar-refractivity contribution is 5.49. The van der Waals surface area contributed by atoms with Crippen molar-refractivity contribution < 1.29 is 4.58 Å². The summed E-state index contributed by atoms with van der Waals surface area (Å²) >= 11 is 0. The van der Waals surface area contributed by atoms with Gasteiger partial charge in [-0.1, -0.05) is 65.7 Å². The van der Waals surface area contributed by atoms with Gasteiger partial charge in [0.2, 0.25) is 6.34 Å². The molecule has 2 unspecified atom stereocenters. The van der Waals surface area contributed by atoms with Crippen LogP contribution < -0.4 is 5.32 Å². The summed E-state index contributed by atoms with van der Waals surface area (Å²) in [6, 6.07) is 0.745. The van der Waals surface area contributed by atoms with Crippen molar-refractivity contribution in [3.8, 4) is 0 Å². The lowest BCUT2D eigenvalue weighted by atomic mass is 9.92. The predicted molar refractivity (Wildman–Crippen MR) is 85.0 cm³/mol. The molecule has 0 radical (unpaired) electrons. The van der Waals surface area contributed by atoms with E-state index in [0.29, 0.717) is 0 Å². The van der Waals surface area contributed by atoms with Gasteiger partial charge in [-0.3, -0.25) is 9.89 Å². The third-order valence-electron chi connectivity index (χ3n) is 4.54. The van der Waals surface area contributed by atoms with Crippen molar-refractivity contribution in [2.75, 3.05) is 13.1 Å². The Hall–Kier alpha value is -0.530. The van der Waals surface area contributed by atoms with Gasteiger partial charge in [-0.15, -0.1) is 0 Å². The molecule has 0 spiro atoms. The Morgan fingerprint density at radius 1 is 1.05 bits per heavy atom. The van der Waals surface area contributed by atoms with Crippen LogP contribution in [0, 0.1) is 5.92 Å². The number of hydrogen-bond donors (Lipinski definition) is 1. The van der Waals surface area contributed by atoms with Gasteiger partial charge in [-0.2, -0.15) is 0 Å². The van der Waals surface area contributed by atoms with Crippen molar-refractivity contribution in [3.63, 3.8) is 0 Å². The molecule has 1 N–H and O–H groups in total. The SMILES string of the molecule is CCCCCCCCCC(C)C(CC)[N+]1=CNCC1. The summed E-state index contributed by atoms with van der Waals surface area (Å²) < 4.78 is 2.52. The Morgan fingerprint density at radius 3 is 2.32 bits per heavy atom. The molecule has 1 aliphatic heterocycles. The molecule has 2 heteroatoms. The van der Waals surface area contributed by atoms with Crippen molar-refractivity contribution >= 4 is 6.34 Å². The van der Waals surface area contributed by atoms with E-state index in [9.17, 15) is 0 Å². The molecule has 1 heterocycles. The highest BCUT2D eigenvalue weighted by atomic mass is 15.2. The highest BCUT2D eigenvalue weighted by Gasteiger charge is 2.24. The molecule has 0 aliphatic carbocycles. The summed E-state index contributed by atoms with van der Waals surface area (Å²) in [4.78, 5) is 0. The van der Waals surface area contributed by atoms with E-state index in [2.05, 4.69) is 37.0 Å². The summed E-state index contributed by atoms with van der Waals surface area (Å²) in [5, 5.41) is 3.34. The second-order valence-corrected chi connectivity index (χ2v) is 6.18. The van der Waals surface area contributed by atoms with Gasteiger partial charge in [0.05, 0.1) is 6.04 Å². The zero-order valence-corrected chi connectivity index (χ0v) is 13.5. The largest absolute Gasteiger partial charge is 0.277 e. The molecule has 0 aromatic heterocycles. The van der Waals surface area contributed by atoms with E-state index in [1.165, 1.54) is 64.3 Å². The van der Waals surface area contributed by atoms with Gasteiger partial charge in [-0.05, 0) is 18.8 Å². The van der Waals surface area contributed by atoms with E-state index in [4.69, 9.17) is 0 Å². The third kappa shape index (κ3) is 6.44. The Bertz CT molecular complexity index is 248. The summed E-state index contributed by atoms with van der Waals surface area (Å²) in [7, 11) is 0. The molecule has 0 saturated carbocycles. The molecular weight excluding hydrogens is 232 g/mol. The van der Waals surface area contributed by atoms with Crippen molar-refractivity contribution in [2.24, 2.45) is 5.92 Å². The predicted octanol–water partition coefficient (Wildman–Crippen LogP) is 4.19. The van der Waals surface area contributed by atoms with Crippen LogP contribution in [-0.2, 0) is 0 Å². The second kappa shape index (κ2) is 10.3. The van der Waals surface area contributed by atoms with Crippen LogP contribution in [0.15, 0.2) is 0 Å². The van der Waals surface area contributed by atoms with Crippen LogP contribution in [0.25, 0.3) is 0 Å². The highest BCUT2D eigenvalue weighted by Crippen LogP contribution is 2.19. The van der Waals surface area contributed by atoms with E-state index in [1.54, 1.807) is 0 Å². The molecule has 19 heavy (non-hydrogen) atoms. The number of nitrogens with zero attached hydrogens (tertiary/aromatic N) is 1.